The van der Waals surface area contributed by atoms with Crippen molar-refractivity contribution in [3.63, 3.8) is 0 Å². The fourth-order valence-corrected chi connectivity index (χ4v) is 4.51. The van der Waals surface area contributed by atoms with Gasteiger partial charge in [0.05, 0.1) is 18.2 Å². The first-order chi connectivity index (χ1) is 15.4. The van der Waals surface area contributed by atoms with E-state index in [1.807, 2.05) is 31.2 Å². The molecule has 4 rings (SSSR count). The molecule has 2 heterocycles. The van der Waals surface area contributed by atoms with Gasteiger partial charge in [0.15, 0.2) is 0 Å². The lowest BCUT2D eigenvalue weighted by Gasteiger charge is -2.31. The zero-order chi connectivity index (χ0) is 22.7. The fourth-order valence-electron chi connectivity index (χ4n) is 4.51. The summed E-state index contributed by atoms with van der Waals surface area (Å²) in [5, 5.41) is 5.80. The van der Waals surface area contributed by atoms with Gasteiger partial charge in [-0.1, -0.05) is 59.7 Å². The second kappa shape index (κ2) is 9.57. The van der Waals surface area contributed by atoms with Crippen molar-refractivity contribution in [3.8, 4) is 0 Å². The van der Waals surface area contributed by atoms with E-state index in [-0.39, 0.29) is 12.6 Å². The molecule has 168 valence electrons. The second-order valence-corrected chi connectivity index (χ2v) is 8.69. The molecule has 0 spiro atoms. The topological polar surface area (TPSA) is 70.7 Å². The van der Waals surface area contributed by atoms with E-state index in [9.17, 15) is 9.59 Å². The highest BCUT2D eigenvalue weighted by atomic mass is 16.5. The Labute approximate surface area is 189 Å². The molecule has 0 bridgehead atoms. The third-order valence-corrected chi connectivity index (χ3v) is 6.26. The minimum atomic E-state index is -0.533. The number of carbonyl (C=O) groups excluding carboxylic acids is 2. The largest absolute Gasteiger partial charge is 0.463 e. The van der Waals surface area contributed by atoms with Crippen molar-refractivity contribution in [2.24, 2.45) is 0 Å². The van der Waals surface area contributed by atoms with Gasteiger partial charge in [0.25, 0.3) is 0 Å². The Hall–Kier alpha value is -3.12. The highest BCUT2D eigenvalue weighted by Gasteiger charge is 2.35. The number of likely N-dealkylation sites (tertiary alicyclic amines) is 1. The molecule has 0 unspecified atom stereocenters. The monoisotopic (exact) mass is 433 g/mol. The van der Waals surface area contributed by atoms with E-state index in [2.05, 4.69) is 46.7 Å². The average molecular weight is 434 g/mol. The Bertz CT molecular complexity index is 1010. The lowest BCUT2D eigenvalue weighted by Crippen LogP contribution is -2.48. The molecule has 0 aliphatic carbocycles. The number of aryl methyl sites for hydroxylation is 2. The van der Waals surface area contributed by atoms with Gasteiger partial charge in [-0.3, -0.25) is 4.90 Å². The molecule has 2 aliphatic rings. The quantitative estimate of drug-likeness (QED) is 0.677. The summed E-state index contributed by atoms with van der Waals surface area (Å²) in [6.07, 6.45) is 1.05. The normalized spacial score (nSPS) is 21.3. The first kappa shape index (κ1) is 22.1. The number of esters is 1. The van der Waals surface area contributed by atoms with Crippen LogP contribution in [0.1, 0.15) is 47.6 Å². The Morgan fingerprint density at radius 1 is 1.03 bits per heavy atom. The van der Waals surface area contributed by atoms with Crippen LogP contribution in [-0.4, -0.2) is 43.1 Å². The minimum Gasteiger partial charge on any atom is -0.463 e. The fraction of sp³-hybridized carbons (Fsp3) is 0.385. The molecule has 2 atom stereocenters. The summed E-state index contributed by atoms with van der Waals surface area (Å²) in [6, 6.07) is 15.7. The highest BCUT2D eigenvalue weighted by molar-refractivity contribution is 5.95. The molecule has 0 aromatic heterocycles. The van der Waals surface area contributed by atoms with Gasteiger partial charge in [0.1, 0.15) is 0 Å². The first-order valence-corrected chi connectivity index (χ1v) is 11.3. The third-order valence-electron chi connectivity index (χ3n) is 6.26. The Morgan fingerprint density at radius 3 is 2.28 bits per heavy atom. The van der Waals surface area contributed by atoms with E-state index in [1.165, 1.54) is 11.1 Å². The van der Waals surface area contributed by atoms with Crippen molar-refractivity contribution >= 4 is 12.0 Å². The Morgan fingerprint density at radius 2 is 1.66 bits per heavy atom. The lowest BCUT2D eigenvalue weighted by atomic mass is 9.94. The van der Waals surface area contributed by atoms with Crippen LogP contribution in [0.2, 0.25) is 0 Å². The summed E-state index contributed by atoms with van der Waals surface area (Å²) in [6.45, 7) is 8.49. The first-order valence-electron chi connectivity index (χ1n) is 11.3. The van der Waals surface area contributed by atoms with Crippen LogP contribution >= 0.6 is 0 Å². The van der Waals surface area contributed by atoms with Crippen molar-refractivity contribution in [2.45, 2.75) is 39.2 Å². The number of hydrogen-bond donors (Lipinski definition) is 2. The van der Waals surface area contributed by atoms with Gasteiger partial charge in [0.2, 0.25) is 0 Å². The van der Waals surface area contributed by atoms with Gasteiger partial charge >= 0.3 is 12.0 Å². The SMILES string of the molecule is CCOC(=O)C1=C(CN2CC[C@H](c3ccc(C)cc3)C2)NC(=O)N[C@@H]1c1ccc(C)cc1. The van der Waals surface area contributed by atoms with E-state index in [0.717, 1.165) is 30.6 Å². The number of ether oxygens (including phenoxy) is 1. The molecule has 2 aromatic rings. The van der Waals surface area contributed by atoms with Crippen LogP contribution in [0.3, 0.4) is 0 Å². The van der Waals surface area contributed by atoms with Gasteiger partial charge in [-0.05, 0) is 50.8 Å². The van der Waals surface area contributed by atoms with Gasteiger partial charge < -0.3 is 15.4 Å². The van der Waals surface area contributed by atoms with Gasteiger partial charge in [0, 0.05) is 18.8 Å². The number of benzene rings is 2. The number of carbonyl (C=O) groups is 2. The maximum Gasteiger partial charge on any atom is 0.338 e. The van der Waals surface area contributed by atoms with Crippen LogP contribution in [0.4, 0.5) is 4.79 Å². The van der Waals surface area contributed by atoms with Gasteiger partial charge in [-0.25, -0.2) is 9.59 Å². The van der Waals surface area contributed by atoms with Gasteiger partial charge in [-0.15, -0.1) is 0 Å². The highest BCUT2D eigenvalue weighted by Crippen LogP contribution is 2.31. The molecule has 2 amide bonds. The summed E-state index contributed by atoms with van der Waals surface area (Å²) in [7, 11) is 0. The summed E-state index contributed by atoms with van der Waals surface area (Å²) < 4.78 is 5.38. The summed E-state index contributed by atoms with van der Waals surface area (Å²) >= 11 is 0. The van der Waals surface area contributed by atoms with Crippen LogP contribution in [0.15, 0.2) is 59.8 Å². The van der Waals surface area contributed by atoms with Crippen molar-refractivity contribution in [1.82, 2.24) is 15.5 Å². The Balaban J connectivity index is 1.60. The van der Waals surface area contributed by atoms with Crippen LogP contribution in [0.25, 0.3) is 0 Å². The Kier molecular flexibility index (Phi) is 6.61. The van der Waals surface area contributed by atoms with Crippen LogP contribution < -0.4 is 10.6 Å². The molecule has 1 fully saturated rings. The zero-order valence-corrected chi connectivity index (χ0v) is 19.0. The molecular formula is C26H31N3O3. The third kappa shape index (κ3) is 4.86. The van der Waals surface area contributed by atoms with Crippen molar-refractivity contribution in [3.05, 3.63) is 82.1 Å². The zero-order valence-electron chi connectivity index (χ0n) is 19.0. The van der Waals surface area contributed by atoms with Crippen molar-refractivity contribution < 1.29 is 14.3 Å². The maximum atomic E-state index is 13.0. The molecule has 6 heteroatoms. The predicted octanol–water partition coefficient (Wildman–Crippen LogP) is 3.96. The molecule has 1 saturated heterocycles. The molecule has 2 aromatic carbocycles. The van der Waals surface area contributed by atoms with E-state index in [0.29, 0.717) is 23.7 Å². The average Bonchev–Trinajstić information content (AvgIpc) is 3.23. The molecular weight excluding hydrogens is 402 g/mol. The number of nitrogens with one attached hydrogen (secondary N) is 2. The molecule has 2 aliphatic heterocycles. The van der Waals surface area contributed by atoms with Crippen molar-refractivity contribution in [2.75, 3.05) is 26.2 Å². The molecule has 0 saturated carbocycles. The maximum absolute atomic E-state index is 13.0. The van der Waals surface area contributed by atoms with E-state index >= 15 is 0 Å². The molecule has 0 radical (unpaired) electrons. The van der Waals surface area contributed by atoms with E-state index in [1.54, 1.807) is 6.92 Å². The standard InChI is InChI=1S/C26H31N3O3/c1-4-32-25(30)23-22(27-26(31)28-24(23)20-11-7-18(3)8-12-20)16-29-14-13-21(15-29)19-9-5-17(2)6-10-19/h5-12,21,24H,4,13-16H2,1-3H3,(H2,27,28,31)/t21-,24+/m0/s1. The molecule has 32 heavy (non-hydrogen) atoms. The number of urea groups is 1. The molecule has 6 nitrogen and oxygen atoms in total. The molecule has 2 N–H and O–H groups in total. The lowest BCUT2D eigenvalue weighted by molar-refractivity contribution is -0.139. The van der Waals surface area contributed by atoms with Crippen LogP contribution in [0, 0.1) is 13.8 Å². The number of nitrogens with zero attached hydrogens (tertiary/aromatic N) is 1. The number of hydrogen-bond acceptors (Lipinski definition) is 4. The smallest absolute Gasteiger partial charge is 0.338 e. The predicted molar refractivity (Wildman–Crippen MR) is 124 cm³/mol. The summed E-state index contributed by atoms with van der Waals surface area (Å²) in [5.74, 6) is 0.0578. The van der Waals surface area contributed by atoms with Crippen LogP contribution in [0.5, 0.6) is 0 Å². The number of rotatable bonds is 6. The minimum absolute atomic E-state index is 0.281. The van der Waals surface area contributed by atoms with Crippen LogP contribution in [-0.2, 0) is 9.53 Å². The van der Waals surface area contributed by atoms with E-state index in [4.69, 9.17) is 4.74 Å². The second-order valence-electron chi connectivity index (χ2n) is 8.69. The van der Waals surface area contributed by atoms with Crippen molar-refractivity contribution in [1.29, 1.82) is 0 Å². The summed E-state index contributed by atoms with van der Waals surface area (Å²) in [5.41, 5.74) is 5.69. The van der Waals surface area contributed by atoms with E-state index < -0.39 is 12.0 Å². The van der Waals surface area contributed by atoms with Gasteiger partial charge in [-0.2, -0.15) is 0 Å². The summed E-state index contributed by atoms with van der Waals surface area (Å²) in [4.78, 5) is 27.8. The number of amides is 2.